The number of hydrogen-bond acceptors (Lipinski definition) is 2. The van der Waals surface area contributed by atoms with Gasteiger partial charge in [-0.1, -0.05) is 60.1 Å². The van der Waals surface area contributed by atoms with Gasteiger partial charge in [0.15, 0.2) is 0 Å². The molecule has 0 fully saturated rings. The summed E-state index contributed by atoms with van der Waals surface area (Å²) >= 11 is 7.70. The largest absolute Gasteiger partial charge is 0.361 e. The van der Waals surface area contributed by atoms with Crippen molar-refractivity contribution in [2.75, 3.05) is 6.54 Å². The fourth-order valence-electron chi connectivity index (χ4n) is 3.31. The van der Waals surface area contributed by atoms with Gasteiger partial charge in [0.05, 0.1) is 0 Å². The number of aromatic amines is 1. The number of halogens is 1. The third kappa shape index (κ3) is 4.84. The van der Waals surface area contributed by atoms with Gasteiger partial charge in [-0.3, -0.25) is 4.79 Å². The molecule has 0 aliphatic heterocycles. The molecule has 0 bridgehead atoms. The Morgan fingerprint density at radius 3 is 2.48 bits per heavy atom. The summed E-state index contributed by atoms with van der Waals surface area (Å²) in [6.45, 7) is 0.566. The molecule has 3 nitrogen and oxygen atoms in total. The molecule has 0 saturated carbocycles. The van der Waals surface area contributed by atoms with Crippen LogP contribution in [0.1, 0.15) is 16.4 Å². The van der Waals surface area contributed by atoms with Crippen LogP contribution in [0.4, 0.5) is 0 Å². The molecule has 1 amide bonds. The molecular formula is C24H21ClN2OS. The number of rotatable bonds is 7. The minimum Gasteiger partial charge on any atom is -0.361 e. The van der Waals surface area contributed by atoms with Crippen LogP contribution in [0.15, 0.2) is 90.0 Å². The first-order valence-electron chi connectivity index (χ1n) is 9.50. The summed E-state index contributed by atoms with van der Waals surface area (Å²) in [6.07, 6.45) is 2.73. The van der Waals surface area contributed by atoms with Crippen molar-refractivity contribution >= 4 is 40.2 Å². The van der Waals surface area contributed by atoms with E-state index in [9.17, 15) is 4.79 Å². The summed E-state index contributed by atoms with van der Waals surface area (Å²) in [6, 6.07) is 25.7. The molecule has 1 heterocycles. The third-order valence-electron chi connectivity index (χ3n) is 4.76. The number of carbonyl (C=O) groups excluding carboxylic acids is 1. The average molecular weight is 421 g/mol. The SMILES string of the molecule is O=C(NCCc1c[nH]c2ccc(Cl)cc12)C(Sc1ccccc1)c1ccccc1. The second-order valence-corrected chi connectivity index (χ2v) is 8.38. The summed E-state index contributed by atoms with van der Waals surface area (Å²) in [5.74, 6) is 0.0166. The molecule has 4 rings (SSSR count). The molecule has 4 aromatic rings. The molecule has 0 aliphatic rings. The predicted octanol–water partition coefficient (Wildman–Crippen LogP) is 6.01. The molecule has 0 aliphatic carbocycles. The van der Waals surface area contributed by atoms with Crippen molar-refractivity contribution in [1.29, 1.82) is 0 Å². The van der Waals surface area contributed by atoms with Crippen LogP contribution in [0.2, 0.25) is 5.02 Å². The zero-order valence-corrected chi connectivity index (χ0v) is 17.3. The highest BCUT2D eigenvalue weighted by molar-refractivity contribution is 8.00. The molecule has 3 aromatic carbocycles. The maximum Gasteiger partial charge on any atom is 0.238 e. The fourth-order valence-corrected chi connectivity index (χ4v) is 4.55. The van der Waals surface area contributed by atoms with Crippen LogP contribution in [-0.2, 0) is 11.2 Å². The molecule has 1 unspecified atom stereocenters. The lowest BCUT2D eigenvalue weighted by molar-refractivity contribution is -0.120. The van der Waals surface area contributed by atoms with Crippen molar-refractivity contribution < 1.29 is 4.79 Å². The minimum absolute atomic E-state index is 0.0166. The Kier molecular flexibility index (Phi) is 6.23. The Hall–Kier alpha value is -2.69. The summed E-state index contributed by atoms with van der Waals surface area (Å²) in [5.41, 5.74) is 3.20. The van der Waals surface area contributed by atoms with Gasteiger partial charge in [0.2, 0.25) is 5.91 Å². The molecule has 5 heteroatoms. The number of carbonyl (C=O) groups is 1. The highest BCUT2D eigenvalue weighted by atomic mass is 35.5. The summed E-state index contributed by atoms with van der Waals surface area (Å²) < 4.78 is 0. The number of benzene rings is 3. The molecule has 0 spiro atoms. The number of fused-ring (bicyclic) bond motifs is 1. The molecule has 2 N–H and O–H groups in total. The van der Waals surface area contributed by atoms with Gasteiger partial charge in [-0.15, -0.1) is 11.8 Å². The minimum atomic E-state index is -0.295. The van der Waals surface area contributed by atoms with Gasteiger partial charge < -0.3 is 10.3 Å². The normalized spacial score (nSPS) is 12.0. The molecule has 0 radical (unpaired) electrons. The van der Waals surface area contributed by atoms with Crippen molar-refractivity contribution in [1.82, 2.24) is 10.3 Å². The highest BCUT2D eigenvalue weighted by Crippen LogP contribution is 2.35. The topological polar surface area (TPSA) is 44.9 Å². The predicted molar refractivity (Wildman–Crippen MR) is 122 cm³/mol. The quantitative estimate of drug-likeness (QED) is 0.359. The van der Waals surface area contributed by atoms with E-state index in [1.54, 1.807) is 11.8 Å². The molecule has 0 saturated heterocycles. The molecule has 146 valence electrons. The zero-order chi connectivity index (χ0) is 20.1. The Morgan fingerprint density at radius 1 is 1.00 bits per heavy atom. The van der Waals surface area contributed by atoms with Crippen LogP contribution in [-0.4, -0.2) is 17.4 Å². The molecule has 1 aromatic heterocycles. The second kappa shape index (κ2) is 9.21. The van der Waals surface area contributed by atoms with Crippen LogP contribution >= 0.6 is 23.4 Å². The van der Waals surface area contributed by atoms with E-state index in [2.05, 4.69) is 10.3 Å². The van der Waals surface area contributed by atoms with Gasteiger partial charge in [-0.25, -0.2) is 0 Å². The van der Waals surface area contributed by atoms with Crippen LogP contribution in [0, 0.1) is 0 Å². The van der Waals surface area contributed by atoms with Crippen molar-refractivity contribution in [2.24, 2.45) is 0 Å². The van der Waals surface area contributed by atoms with Gasteiger partial charge in [-0.05, 0) is 47.9 Å². The summed E-state index contributed by atoms with van der Waals surface area (Å²) in [5, 5.41) is 4.63. The highest BCUT2D eigenvalue weighted by Gasteiger charge is 2.21. The standard InChI is InChI=1S/C24H21ClN2OS/c25-19-11-12-22-21(15-19)18(16-27-22)13-14-26-24(28)23(17-7-3-1-4-8-17)29-20-9-5-2-6-10-20/h1-12,15-16,23,27H,13-14H2,(H,26,28). The van der Waals surface area contributed by atoms with E-state index < -0.39 is 0 Å². The van der Waals surface area contributed by atoms with E-state index in [0.717, 1.165) is 33.3 Å². The first-order chi connectivity index (χ1) is 14.2. The monoisotopic (exact) mass is 420 g/mol. The van der Waals surface area contributed by atoms with E-state index in [1.807, 2.05) is 85.1 Å². The zero-order valence-electron chi connectivity index (χ0n) is 15.8. The number of H-pyrrole nitrogens is 1. The van der Waals surface area contributed by atoms with E-state index >= 15 is 0 Å². The van der Waals surface area contributed by atoms with E-state index in [0.29, 0.717) is 11.6 Å². The van der Waals surface area contributed by atoms with Gasteiger partial charge in [0.1, 0.15) is 5.25 Å². The Labute approximate surface area is 179 Å². The molecule has 1 atom stereocenters. The fraction of sp³-hybridized carbons (Fsp3) is 0.125. The van der Waals surface area contributed by atoms with E-state index in [1.165, 1.54) is 0 Å². The number of aromatic nitrogens is 1. The lowest BCUT2D eigenvalue weighted by atomic mass is 10.1. The van der Waals surface area contributed by atoms with Crippen molar-refractivity contribution in [3.63, 3.8) is 0 Å². The third-order valence-corrected chi connectivity index (χ3v) is 6.26. The van der Waals surface area contributed by atoms with Gasteiger partial charge in [-0.2, -0.15) is 0 Å². The van der Waals surface area contributed by atoms with E-state index in [-0.39, 0.29) is 11.2 Å². The van der Waals surface area contributed by atoms with Gasteiger partial charge in [0, 0.05) is 33.6 Å². The molecule has 29 heavy (non-hydrogen) atoms. The Bertz CT molecular complexity index is 1100. The number of nitrogens with one attached hydrogen (secondary N) is 2. The summed E-state index contributed by atoms with van der Waals surface area (Å²) in [4.78, 5) is 17.4. The van der Waals surface area contributed by atoms with Crippen molar-refractivity contribution in [2.45, 2.75) is 16.6 Å². The Morgan fingerprint density at radius 2 is 1.72 bits per heavy atom. The smallest absolute Gasteiger partial charge is 0.238 e. The number of amides is 1. The lowest BCUT2D eigenvalue weighted by Gasteiger charge is -2.17. The van der Waals surface area contributed by atoms with Crippen LogP contribution < -0.4 is 5.32 Å². The van der Waals surface area contributed by atoms with Crippen LogP contribution in [0.3, 0.4) is 0 Å². The first kappa shape index (κ1) is 19.6. The Balaban J connectivity index is 1.45. The second-order valence-electron chi connectivity index (χ2n) is 6.77. The van der Waals surface area contributed by atoms with Crippen LogP contribution in [0.25, 0.3) is 10.9 Å². The number of hydrogen-bond donors (Lipinski definition) is 2. The maximum atomic E-state index is 13.0. The van der Waals surface area contributed by atoms with E-state index in [4.69, 9.17) is 11.6 Å². The first-order valence-corrected chi connectivity index (χ1v) is 10.8. The van der Waals surface area contributed by atoms with Gasteiger partial charge in [0.25, 0.3) is 0 Å². The lowest BCUT2D eigenvalue weighted by Crippen LogP contribution is -2.29. The maximum absolute atomic E-state index is 13.0. The van der Waals surface area contributed by atoms with Crippen molar-refractivity contribution in [3.8, 4) is 0 Å². The number of thioether (sulfide) groups is 1. The van der Waals surface area contributed by atoms with Crippen molar-refractivity contribution in [3.05, 3.63) is 101 Å². The summed E-state index contributed by atoms with van der Waals surface area (Å²) in [7, 11) is 0. The van der Waals surface area contributed by atoms with Gasteiger partial charge >= 0.3 is 0 Å². The molecular weight excluding hydrogens is 400 g/mol. The average Bonchev–Trinajstić information content (AvgIpc) is 3.15. The van der Waals surface area contributed by atoms with Crippen LogP contribution in [0.5, 0.6) is 0 Å².